The first-order valence-electron chi connectivity index (χ1n) is 14.3. The highest BCUT2D eigenvalue weighted by Crippen LogP contribution is 2.16. The first-order chi connectivity index (χ1) is 20.4. The van der Waals surface area contributed by atoms with Gasteiger partial charge in [0.05, 0.1) is 11.9 Å². The summed E-state index contributed by atoms with van der Waals surface area (Å²) in [7, 11) is 1.31. The fraction of sp³-hybridized carbons (Fsp3) is 0.441. The van der Waals surface area contributed by atoms with E-state index in [0.717, 1.165) is 23.3 Å². The molecule has 0 aromatic heterocycles. The van der Waals surface area contributed by atoms with Gasteiger partial charge in [0.1, 0.15) is 12.8 Å². The highest BCUT2D eigenvalue weighted by Gasteiger charge is 2.28. The average molecular weight is 605 g/mol. The van der Waals surface area contributed by atoms with Crippen LogP contribution in [0, 0.1) is 17.8 Å². The number of allylic oxidation sites excluding steroid dienone is 10. The number of nitrogens with one attached hydrogen (secondary N) is 2. The smallest absolute Gasteiger partial charge is 0.400 e. The third-order valence-electron chi connectivity index (χ3n) is 6.09. The molecule has 9 heteroatoms. The number of hydrogen-bond donors (Lipinski definition) is 3. The molecule has 43 heavy (non-hydrogen) atoms. The Balaban J connectivity index is 4.70. The Hall–Kier alpha value is -3.93. The summed E-state index contributed by atoms with van der Waals surface area (Å²) in [6.45, 7) is 9.20. The molecule has 0 aliphatic carbocycles. The Morgan fingerprint density at radius 2 is 1.91 bits per heavy atom. The number of aldehydes is 1. The van der Waals surface area contributed by atoms with Crippen molar-refractivity contribution >= 4 is 6.29 Å². The summed E-state index contributed by atoms with van der Waals surface area (Å²) in [6, 6.07) is -0.536. The van der Waals surface area contributed by atoms with Gasteiger partial charge in [-0.05, 0) is 57.9 Å². The van der Waals surface area contributed by atoms with E-state index in [1.54, 1.807) is 19.2 Å². The van der Waals surface area contributed by atoms with E-state index in [0.29, 0.717) is 31.5 Å². The summed E-state index contributed by atoms with van der Waals surface area (Å²) >= 11 is 0. The summed E-state index contributed by atoms with van der Waals surface area (Å²) in [5, 5.41) is 6.43. The van der Waals surface area contributed by atoms with Gasteiger partial charge in [-0.2, -0.15) is 13.2 Å². The minimum absolute atomic E-state index is 0.0773. The molecule has 0 saturated heterocycles. The van der Waals surface area contributed by atoms with E-state index in [-0.39, 0.29) is 24.6 Å². The molecule has 2 atom stereocenters. The zero-order valence-electron chi connectivity index (χ0n) is 25.9. The molecule has 0 amide bonds. The number of nitrogens with zero attached hydrogens (tertiary/aromatic N) is 1. The number of carbonyl (C=O) groups is 1. The van der Waals surface area contributed by atoms with Crippen molar-refractivity contribution < 1.29 is 22.4 Å². The lowest BCUT2D eigenvalue weighted by molar-refractivity contribution is -0.138. The van der Waals surface area contributed by atoms with Crippen molar-refractivity contribution in [1.29, 1.82) is 0 Å². The molecule has 2 unspecified atom stereocenters. The van der Waals surface area contributed by atoms with Gasteiger partial charge >= 0.3 is 6.18 Å². The van der Waals surface area contributed by atoms with Crippen LogP contribution in [-0.2, 0) is 4.79 Å². The zero-order valence-corrected chi connectivity index (χ0v) is 25.9. The molecule has 0 spiro atoms. The van der Waals surface area contributed by atoms with Crippen LogP contribution in [0.15, 0.2) is 96.5 Å². The number of halogens is 4. The van der Waals surface area contributed by atoms with Gasteiger partial charge in [0, 0.05) is 49.9 Å². The fourth-order valence-corrected chi connectivity index (χ4v) is 3.58. The molecule has 0 aliphatic heterocycles. The Morgan fingerprint density at radius 3 is 2.53 bits per heavy atom. The monoisotopic (exact) mass is 604 g/mol. The minimum atomic E-state index is -4.29. The molecule has 0 radical (unpaired) electrons. The number of alkyl halides is 3. The maximum Gasteiger partial charge on any atom is 0.405 e. The summed E-state index contributed by atoms with van der Waals surface area (Å²) in [5.74, 6) is 5.30. The van der Waals surface area contributed by atoms with Crippen molar-refractivity contribution in [3.05, 3.63) is 96.5 Å². The SMILES string of the molecule is C=C/C=C(\C/C=C\C(C)/C(N)=C/NC(C=O)CC/C=C(\F)CC/C=C/N(C)CC(F)(F)F)NC/C(=C/C)C/C=C\C#CC. The molecule has 0 rings (SSSR count). The van der Waals surface area contributed by atoms with E-state index in [9.17, 15) is 22.4 Å². The lowest BCUT2D eigenvalue weighted by atomic mass is 10.1. The van der Waals surface area contributed by atoms with Crippen LogP contribution >= 0.6 is 0 Å². The second-order valence-corrected chi connectivity index (χ2v) is 9.89. The van der Waals surface area contributed by atoms with E-state index < -0.39 is 18.8 Å². The zero-order chi connectivity index (χ0) is 32.5. The summed E-state index contributed by atoms with van der Waals surface area (Å²) in [4.78, 5) is 12.5. The normalized spacial score (nSPS) is 15.0. The molecule has 4 N–H and O–H groups in total. The highest BCUT2D eigenvalue weighted by atomic mass is 19.4. The third-order valence-corrected chi connectivity index (χ3v) is 6.09. The molecule has 0 aromatic rings. The molecular weight excluding hydrogens is 556 g/mol. The van der Waals surface area contributed by atoms with Gasteiger partial charge in [-0.3, -0.25) is 0 Å². The number of rotatable bonds is 21. The van der Waals surface area contributed by atoms with Crippen LogP contribution in [0.1, 0.15) is 59.3 Å². The topological polar surface area (TPSA) is 70.4 Å². The Bertz CT molecular complexity index is 1100. The van der Waals surface area contributed by atoms with Crippen molar-refractivity contribution in [3.8, 4) is 11.8 Å². The molecule has 0 fully saturated rings. The van der Waals surface area contributed by atoms with Gasteiger partial charge in [-0.15, -0.1) is 5.92 Å². The second-order valence-electron chi connectivity index (χ2n) is 9.89. The standard InChI is InChI=1S/C34H48F4N4O/c1-6-9-10-11-18-29(8-3)24-40-31(16-7-2)21-14-17-28(4)33(39)25-41-32(26-43)22-15-20-30(35)19-12-13-23-42(5)27-34(36,37)38/h7-8,10-11,13-14,16-17,20,23,25-26,28,32,40-41H,2,12,15,18-19,21-22,24,27,39H2,1,3-5H3/b11-10-,17-14-,23-13+,29-8+,30-20-,31-16+,33-25-. The van der Waals surface area contributed by atoms with Crippen molar-refractivity contribution in [1.82, 2.24) is 15.5 Å². The highest BCUT2D eigenvalue weighted by molar-refractivity contribution is 5.57. The van der Waals surface area contributed by atoms with Crippen LogP contribution in [-0.4, -0.2) is 43.5 Å². The van der Waals surface area contributed by atoms with Gasteiger partial charge in [0.15, 0.2) is 0 Å². The molecule has 0 bridgehead atoms. The van der Waals surface area contributed by atoms with E-state index in [1.807, 2.05) is 44.2 Å². The van der Waals surface area contributed by atoms with Crippen LogP contribution in [0.4, 0.5) is 17.6 Å². The van der Waals surface area contributed by atoms with Gasteiger partial charge in [-0.1, -0.05) is 67.5 Å². The Kier molecular flexibility index (Phi) is 21.5. The first-order valence-corrected chi connectivity index (χ1v) is 14.3. The van der Waals surface area contributed by atoms with E-state index >= 15 is 0 Å². The molecular formula is C34H48F4N4O. The predicted molar refractivity (Wildman–Crippen MR) is 171 cm³/mol. The number of nitrogens with two attached hydrogens (primary N) is 1. The molecule has 238 valence electrons. The third kappa shape index (κ3) is 22.4. The van der Waals surface area contributed by atoms with Crippen molar-refractivity contribution in [2.24, 2.45) is 11.7 Å². The van der Waals surface area contributed by atoms with Gasteiger partial charge in [0.2, 0.25) is 0 Å². The number of hydrogen-bond acceptors (Lipinski definition) is 5. The minimum Gasteiger partial charge on any atom is -0.400 e. The van der Waals surface area contributed by atoms with E-state index in [4.69, 9.17) is 5.73 Å². The van der Waals surface area contributed by atoms with Crippen LogP contribution in [0.25, 0.3) is 0 Å². The van der Waals surface area contributed by atoms with Crippen LogP contribution in [0.2, 0.25) is 0 Å². The molecule has 5 nitrogen and oxygen atoms in total. The maximum absolute atomic E-state index is 14.0. The number of carbonyl (C=O) groups excluding carboxylic acids is 1. The Morgan fingerprint density at radius 1 is 1.16 bits per heavy atom. The van der Waals surface area contributed by atoms with E-state index in [2.05, 4.69) is 35.1 Å². The van der Waals surface area contributed by atoms with Crippen molar-refractivity contribution in [2.45, 2.75) is 71.5 Å². The van der Waals surface area contributed by atoms with Gasteiger partial charge in [-0.25, -0.2) is 4.39 Å². The lowest BCUT2D eigenvalue weighted by Crippen LogP contribution is -2.27. The molecule has 0 saturated carbocycles. The fourth-order valence-electron chi connectivity index (χ4n) is 3.58. The second kappa shape index (κ2) is 23.6. The van der Waals surface area contributed by atoms with Crippen molar-refractivity contribution in [3.63, 3.8) is 0 Å². The van der Waals surface area contributed by atoms with Crippen molar-refractivity contribution in [2.75, 3.05) is 20.1 Å². The molecule has 0 aromatic carbocycles. The van der Waals surface area contributed by atoms with Gasteiger partial charge < -0.3 is 26.1 Å². The molecule has 0 aliphatic rings. The quantitative estimate of drug-likeness (QED) is 0.0416. The molecule has 0 heterocycles. The first kappa shape index (κ1) is 39.1. The maximum atomic E-state index is 14.0. The van der Waals surface area contributed by atoms with Crippen LogP contribution < -0.4 is 16.4 Å². The largest absolute Gasteiger partial charge is 0.405 e. The average Bonchev–Trinajstić information content (AvgIpc) is 2.95. The Labute approximate surface area is 255 Å². The summed E-state index contributed by atoms with van der Waals surface area (Å²) in [5.41, 5.74) is 9.00. The summed E-state index contributed by atoms with van der Waals surface area (Å²) < 4.78 is 51.0. The summed E-state index contributed by atoms with van der Waals surface area (Å²) in [6.07, 6.45) is 18.4. The predicted octanol–water partition coefficient (Wildman–Crippen LogP) is 7.52. The van der Waals surface area contributed by atoms with Crippen LogP contribution in [0.3, 0.4) is 0 Å². The lowest BCUT2D eigenvalue weighted by Gasteiger charge is -2.15. The van der Waals surface area contributed by atoms with Crippen LogP contribution in [0.5, 0.6) is 0 Å². The van der Waals surface area contributed by atoms with Gasteiger partial charge in [0.25, 0.3) is 0 Å². The van der Waals surface area contributed by atoms with E-state index in [1.165, 1.54) is 31.0 Å².